The number of benzene rings is 2. The van der Waals surface area contributed by atoms with E-state index in [2.05, 4.69) is 73.2 Å². The maximum Gasteiger partial charge on any atom is 0.397 e. The Hall–Kier alpha value is -6.63. The van der Waals surface area contributed by atoms with E-state index in [-0.39, 0.29) is 94.6 Å². The number of hydrogen-bond acceptors (Lipinski definition) is 26. The molecule has 0 aliphatic carbocycles. The van der Waals surface area contributed by atoms with Crippen LogP contribution >= 0.6 is 0 Å². The monoisotopic (exact) mass is 1140 g/mol. The summed E-state index contributed by atoms with van der Waals surface area (Å²) in [5.74, 6) is -1.56. The summed E-state index contributed by atoms with van der Waals surface area (Å²) < 4.78 is 191. The second-order valence-corrected chi connectivity index (χ2v) is 23.5. The molecule has 2 heterocycles. The molecule has 0 saturated carbocycles. The summed E-state index contributed by atoms with van der Waals surface area (Å²) in [6, 6.07) is 7.70. The van der Waals surface area contributed by atoms with Gasteiger partial charge in [-0.2, -0.15) is 49.2 Å². The Labute approximate surface area is 418 Å². The summed E-state index contributed by atoms with van der Waals surface area (Å²) in [5.41, 5.74) is 4.25. The van der Waals surface area contributed by atoms with E-state index in [1.807, 2.05) is 6.07 Å². The van der Waals surface area contributed by atoms with Crippen LogP contribution in [0.5, 0.6) is 0 Å². The highest BCUT2D eigenvalue weighted by atomic mass is 32.3. The van der Waals surface area contributed by atoms with E-state index in [1.165, 1.54) is 13.8 Å². The second-order valence-electron chi connectivity index (χ2n) is 14.5. The lowest BCUT2D eigenvalue weighted by Crippen LogP contribution is -2.17. The summed E-state index contributed by atoms with van der Waals surface area (Å²) in [4.78, 5) is 6.62. The number of sulfone groups is 2. The molecule has 2 aromatic heterocycles. The van der Waals surface area contributed by atoms with Crippen LogP contribution in [0.2, 0.25) is 0 Å². The van der Waals surface area contributed by atoms with Crippen LogP contribution in [-0.4, -0.2) is 130 Å². The van der Waals surface area contributed by atoms with Gasteiger partial charge in [-0.1, -0.05) is 25.3 Å². The molecule has 0 saturated heterocycles. The molecule has 0 fully saturated rings. The van der Waals surface area contributed by atoms with Crippen LogP contribution in [0.15, 0.2) is 90.6 Å². The van der Waals surface area contributed by atoms with Crippen LogP contribution in [0, 0.1) is 25.2 Å². The molecule has 0 radical (unpaired) electrons. The molecule has 36 heteroatoms. The van der Waals surface area contributed by atoms with Gasteiger partial charge in [-0.3, -0.25) is 18.2 Å². The molecule has 10 N–H and O–H groups in total. The lowest BCUT2D eigenvalue weighted by atomic mass is 10.0. The van der Waals surface area contributed by atoms with Crippen molar-refractivity contribution in [3.05, 3.63) is 77.1 Å². The average Bonchev–Trinajstić information content (AvgIpc) is 3.29. The van der Waals surface area contributed by atoms with Gasteiger partial charge in [0.05, 0.1) is 47.3 Å². The van der Waals surface area contributed by atoms with Crippen molar-refractivity contribution in [2.75, 3.05) is 77.9 Å². The van der Waals surface area contributed by atoms with Crippen LogP contribution in [0.3, 0.4) is 0 Å². The van der Waals surface area contributed by atoms with Gasteiger partial charge in [0, 0.05) is 59.2 Å². The Morgan fingerprint density at radius 3 is 1.37 bits per heavy atom. The zero-order valence-corrected chi connectivity index (χ0v) is 42.8. The Morgan fingerprint density at radius 1 is 0.603 bits per heavy atom. The van der Waals surface area contributed by atoms with E-state index in [4.69, 9.17) is 14.8 Å². The average molecular weight is 1140 g/mol. The third-order valence-electron chi connectivity index (χ3n) is 9.42. The van der Waals surface area contributed by atoms with Crippen molar-refractivity contribution in [2.45, 2.75) is 23.6 Å². The van der Waals surface area contributed by atoms with Crippen molar-refractivity contribution in [3.63, 3.8) is 0 Å². The number of pyridine rings is 2. The molecule has 2 aromatic carbocycles. The predicted molar refractivity (Wildman–Crippen MR) is 264 cm³/mol. The fourth-order valence-corrected chi connectivity index (χ4v) is 9.09. The molecular formula is C37H44N12O18S6. The van der Waals surface area contributed by atoms with Gasteiger partial charge in [-0.25, -0.2) is 35.2 Å². The fourth-order valence-electron chi connectivity index (χ4n) is 5.95. The first-order valence-corrected chi connectivity index (χ1v) is 29.0. The van der Waals surface area contributed by atoms with Crippen molar-refractivity contribution in [1.29, 1.82) is 5.26 Å². The minimum absolute atomic E-state index is 0.0487. The molecule has 396 valence electrons. The maximum absolute atomic E-state index is 12.9. The number of nitrogens with one attached hydrogen (secondary N) is 4. The first-order chi connectivity index (χ1) is 33.8. The quantitative estimate of drug-likeness (QED) is 0.0232. The van der Waals surface area contributed by atoms with Crippen molar-refractivity contribution in [1.82, 2.24) is 9.97 Å². The summed E-state index contributed by atoms with van der Waals surface area (Å²) in [5, 5.41) is 38.5. The van der Waals surface area contributed by atoms with E-state index in [0.717, 1.165) is 41.8 Å². The highest BCUT2D eigenvalue weighted by Crippen LogP contribution is 2.40. The molecule has 4 aromatic rings. The van der Waals surface area contributed by atoms with E-state index in [9.17, 15) is 64.9 Å². The van der Waals surface area contributed by atoms with E-state index >= 15 is 0 Å². The molecule has 0 aliphatic rings. The number of rotatable bonds is 27. The van der Waals surface area contributed by atoms with E-state index in [1.54, 1.807) is 0 Å². The van der Waals surface area contributed by atoms with Crippen LogP contribution < -0.4 is 27.0 Å². The Kier molecular flexibility index (Phi) is 19.3. The molecule has 0 bridgehead atoms. The molecule has 30 nitrogen and oxygen atoms in total. The first kappa shape index (κ1) is 58.9. The lowest BCUT2D eigenvalue weighted by Gasteiger charge is -2.16. The number of nitrogen functional groups attached to an aromatic ring is 1. The topological polar surface area (TPSA) is 477 Å². The number of azo groups is 2. The van der Waals surface area contributed by atoms with Crippen LogP contribution in [0.25, 0.3) is 11.1 Å². The number of nitrogens with zero attached hydrogens (tertiary/aromatic N) is 7. The number of hydrogen-bond donors (Lipinski definition) is 9. The normalized spacial score (nSPS) is 12.7. The minimum Gasteiger partial charge on any atom is -0.395 e. The zero-order valence-electron chi connectivity index (χ0n) is 37.9. The van der Waals surface area contributed by atoms with Gasteiger partial charge in [-0.05, 0) is 38.1 Å². The summed E-state index contributed by atoms with van der Waals surface area (Å²) in [6.07, 6.45) is 0. The molecule has 0 spiro atoms. The largest absolute Gasteiger partial charge is 0.397 e. The highest BCUT2D eigenvalue weighted by molar-refractivity contribution is 7.94. The molecule has 0 unspecified atom stereocenters. The van der Waals surface area contributed by atoms with Gasteiger partial charge in [0.1, 0.15) is 33.1 Å². The third-order valence-corrected chi connectivity index (χ3v) is 14.7. The Bertz CT molecular complexity index is 3610. The van der Waals surface area contributed by atoms with Crippen molar-refractivity contribution in [3.8, 4) is 17.2 Å². The zero-order chi connectivity index (χ0) is 54.7. The van der Waals surface area contributed by atoms with Gasteiger partial charge in [0.25, 0.3) is 20.2 Å². The lowest BCUT2D eigenvalue weighted by molar-refractivity contribution is 0.277. The van der Waals surface area contributed by atoms with Crippen molar-refractivity contribution in [2.24, 2.45) is 20.5 Å². The number of nitriles is 1. The number of aromatic nitrogens is 2. The first-order valence-electron chi connectivity index (χ1n) is 20.0. The summed E-state index contributed by atoms with van der Waals surface area (Å²) in [7, 11) is -27.6. The van der Waals surface area contributed by atoms with Gasteiger partial charge < -0.3 is 27.0 Å². The third kappa shape index (κ3) is 17.2. The number of nitrogens with two attached hydrogens (primary N) is 1. The molecular weight excluding hydrogens is 1090 g/mol. The van der Waals surface area contributed by atoms with Crippen LogP contribution in [-0.2, 0) is 69.1 Å². The second kappa shape index (κ2) is 23.9. The molecule has 0 aliphatic heterocycles. The van der Waals surface area contributed by atoms with Gasteiger partial charge >= 0.3 is 20.8 Å². The molecule has 0 amide bonds. The van der Waals surface area contributed by atoms with Gasteiger partial charge in [0.2, 0.25) is 0 Å². The molecule has 0 atom stereocenters. The number of anilines is 5. The Morgan fingerprint density at radius 2 is 0.986 bits per heavy atom. The van der Waals surface area contributed by atoms with Crippen LogP contribution in [0.1, 0.15) is 16.7 Å². The SMILES string of the molecule is C=CS(=O)(=O)CCNc1nc(NCCOS(=O)(=O)O)c(N)c(C)c1N=Nc1ccc(-c2ccc(N=Nc3c(NCCS(=O)(=O)C=C)nc(NCCOS(=O)(=O)O)c(C#N)c3C)cc2S(=O)(=O)O)c(S(=O)(=O)O)c1. The van der Waals surface area contributed by atoms with Crippen LogP contribution in [0.4, 0.5) is 51.7 Å². The highest BCUT2D eigenvalue weighted by Gasteiger charge is 2.26. The standard InChI is InChI=1S/C37H44N12O18S6/c1-5-68(50,51)17-13-42-36-32(22(3)28(21-38)34(44-36)40-11-15-66-72(60,61)62)48-46-24-7-9-26(29(19-24)70(54,55)56)27-10-8-25(20-30(27)71(57,58)59)47-49-33-23(4)31(39)35(41-12-16-67-73(63,64)65)45-37(33)43-14-18-69(52,53)6-2/h5-10,19-20H,1-2,11-18,39H2,3-4H3,(H2,40,42,44)(H2,41,43,45)(H,54,55,56)(H,57,58,59)(H,60,61,62)(H,63,64,65). The molecule has 73 heavy (non-hydrogen) atoms. The summed E-state index contributed by atoms with van der Waals surface area (Å²) in [6.45, 7) is 6.97. The molecule has 4 rings (SSSR count). The van der Waals surface area contributed by atoms with Gasteiger partial charge in [0.15, 0.2) is 37.1 Å². The summed E-state index contributed by atoms with van der Waals surface area (Å²) >= 11 is 0. The Balaban J connectivity index is 1.80. The fraction of sp³-hybridized carbons (Fsp3) is 0.270. The van der Waals surface area contributed by atoms with Crippen molar-refractivity contribution < 1.29 is 77.1 Å². The van der Waals surface area contributed by atoms with E-state index < -0.39 is 106 Å². The minimum atomic E-state index is -5.28. The maximum atomic E-state index is 12.9. The van der Waals surface area contributed by atoms with Gasteiger partial charge in [-0.15, -0.1) is 10.2 Å². The van der Waals surface area contributed by atoms with Crippen molar-refractivity contribution >= 4 is 112 Å². The van der Waals surface area contributed by atoms with E-state index in [0.29, 0.717) is 5.41 Å². The smallest absolute Gasteiger partial charge is 0.395 e. The predicted octanol–water partition coefficient (Wildman–Crippen LogP) is 3.94.